The highest BCUT2D eigenvalue weighted by Gasteiger charge is 2.12. The van der Waals surface area contributed by atoms with Crippen molar-refractivity contribution >= 4 is 11.9 Å². The summed E-state index contributed by atoms with van der Waals surface area (Å²) < 4.78 is 0. The Morgan fingerprint density at radius 1 is 1.08 bits per heavy atom. The number of pyridine rings is 1. The number of nitrogens with zero attached hydrogens (tertiary/aromatic N) is 2. The number of hydrogen-bond donors (Lipinski definition) is 2. The molecule has 1 heterocycles. The second kappa shape index (κ2) is 8.82. The number of urea groups is 1. The van der Waals surface area contributed by atoms with Gasteiger partial charge in [-0.1, -0.05) is 19.1 Å². The van der Waals surface area contributed by atoms with Gasteiger partial charge in [-0.25, -0.2) is 4.79 Å². The Labute approximate surface area is 148 Å². The zero-order valence-electron chi connectivity index (χ0n) is 14.8. The molecule has 0 radical (unpaired) electrons. The average molecular weight is 340 g/mol. The van der Waals surface area contributed by atoms with E-state index in [1.54, 1.807) is 38.6 Å². The number of carbonyl (C=O) groups is 2. The zero-order chi connectivity index (χ0) is 18.2. The average Bonchev–Trinajstić information content (AvgIpc) is 2.65. The van der Waals surface area contributed by atoms with Gasteiger partial charge >= 0.3 is 6.03 Å². The fourth-order valence-electron chi connectivity index (χ4n) is 2.43. The molecule has 2 rings (SSSR count). The van der Waals surface area contributed by atoms with Crippen molar-refractivity contribution < 1.29 is 9.59 Å². The third-order valence-corrected chi connectivity index (χ3v) is 3.88. The van der Waals surface area contributed by atoms with E-state index in [2.05, 4.69) is 15.6 Å². The van der Waals surface area contributed by atoms with Gasteiger partial charge in [0.25, 0.3) is 5.91 Å². The van der Waals surface area contributed by atoms with Crippen LogP contribution in [0.3, 0.4) is 0 Å². The lowest BCUT2D eigenvalue weighted by molar-refractivity contribution is 0.0827. The summed E-state index contributed by atoms with van der Waals surface area (Å²) in [5, 5.41) is 5.80. The number of amides is 3. The molecule has 2 N–H and O–H groups in total. The molecule has 3 amide bonds. The highest BCUT2D eigenvalue weighted by atomic mass is 16.2. The lowest BCUT2D eigenvalue weighted by atomic mass is 10.1. The van der Waals surface area contributed by atoms with Gasteiger partial charge in [0, 0.05) is 38.6 Å². The van der Waals surface area contributed by atoms with E-state index >= 15 is 0 Å². The molecule has 0 bridgehead atoms. The Bertz CT molecular complexity index is 699. The van der Waals surface area contributed by atoms with Crippen LogP contribution in [0, 0.1) is 0 Å². The lowest BCUT2D eigenvalue weighted by Gasteiger charge is -2.18. The summed E-state index contributed by atoms with van der Waals surface area (Å²) in [5.41, 5.74) is 2.59. The molecule has 6 heteroatoms. The summed E-state index contributed by atoms with van der Waals surface area (Å²) in [5.74, 6) is -0.0413. The van der Waals surface area contributed by atoms with Crippen LogP contribution in [0.1, 0.15) is 40.9 Å². The van der Waals surface area contributed by atoms with Gasteiger partial charge in [-0.05, 0) is 41.8 Å². The van der Waals surface area contributed by atoms with E-state index in [0.29, 0.717) is 12.1 Å². The SMILES string of the molecule is CC[C@@H](NC(=O)NCc1ccc(C(=O)N(C)C)cc1)c1ccncc1. The predicted molar refractivity (Wildman–Crippen MR) is 97.1 cm³/mol. The van der Waals surface area contributed by atoms with E-state index in [1.165, 1.54) is 4.90 Å². The molecular formula is C19H24N4O2. The van der Waals surface area contributed by atoms with Crippen molar-refractivity contribution in [3.05, 3.63) is 65.5 Å². The predicted octanol–water partition coefficient (Wildman–Crippen LogP) is 2.73. The molecular weight excluding hydrogens is 316 g/mol. The third-order valence-electron chi connectivity index (χ3n) is 3.88. The first kappa shape index (κ1) is 18.4. The maximum absolute atomic E-state index is 12.1. The molecule has 1 atom stereocenters. The van der Waals surface area contributed by atoms with Crippen LogP contribution in [-0.4, -0.2) is 35.9 Å². The third kappa shape index (κ3) is 5.31. The van der Waals surface area contributed by atoms with E-state index in [0.717, 1.165) is 17.5 Å². The summed E-state index contributed by atoms with van der Waals surface area (Å²) in [6.45, 7) is 2.42. The van der Waals surface area contributed by atoms with Crippen molar-refractivity contribution in [2.75, 3.05) is 14.1 Å². The minimum absolute atomic E-state index is 0.0413. The molecule has 25 heavy (non-hydrogen) atoms. The van der Waals surface area contributed by atoms with Crippen LogP contribution in [0.15, 0.2) is 48.8 Å². The largest absolute Gasteiger partial charge is 0.345 e. The second-order valence-electron chi connectivity index (χ2n) is 5.96. The number of nitrogens with one attached hydrogen (secondary N) is 2. The molecule has 1 aromatic heterocycles. The van der Waals surface area contributed by atoms with Gasteiger partial charge in [0.15, 0.2) is 0 Å². The molecule has 2 aromatic rings. The van der Waals surface area contributed by atoms with Crippen molar-refractivity contribution in [2.24, 2.45) is 0 Å². The molecule has 0 saturated heterocycles. The molecule has 132 valence electrons. The fourth-order valence-corrected chi connectivity index (χ4v) is 2.43. The first-order chi connectivity index (χ1) is 12.0. The van der Waals surface area contributed by atoms with Gasteiger partial charge in [-0.15, -0.1) is 0 Å². The topological polar surface area (TPSA) is 74.3 Å². The van der Waals surface area contributed by atoms with E-state index < -0.39 is 0 Å². The lowest BCUT2D eigenvalue weighted by Crippen LogP contribution is -2.37. The van der Waals surface area contributed by atoms with Crippen LogP contribution in [0.5, 0.6) is 0 Å². The molecule has 0 aliphatic heterocycles. The van der Waals surface area contributed by atoms with Gasteiger partial charge < -0.3 is 15.5 Å². The highest BCUT2D eigenvalue weighted by molar-refractivity contribution is 5.93. The van der Waals surface area contributed by atoms with Crippen LogP contribution >= 0.6 is 0 Å². The van der Waals surface area contributed by atoms with Gasteiger partial charge in [-0.3, -0.25) is 9.78 Å². The molecule has 0 spiro atoms. The van der Waals surface area contributed by atoms with Gasteiger partial charge in [0.1, 0.15) is 0 Å². The Morgan fingerprint density at radius 2 is 1.72 bits per heavy atom. The van der Waals surface area contributed by atoms with Crippen LogP contribution < -0.4 is 10.6 Å². The summed E-state index contributed by atoms with van der Waals surface area (Å²) in [4.78, 5) is 29.5. The number of rotatable bonds is 6. The Kier molecular flexibility index (Phi) is 6.51. The van der Waals surface area contributed by atoms with Crippen molar-refractivity contribution in [1.29, 1.82) is 0 Å². The van der Waals surface area contributed by atoms with E-state index in [1.807, 2.05) is 31.2 Å². The summed E-state index contributed by atoms with van der Waals surface area (Å²) in [6.07, 6.45) is 4.22. The van der Waals surface area contributed by atoms with Crippen LogP contribution in [0.2, 0.25) is 0 Å². The first-order valence-corrected chi connectivity index (χ1v) is 8.26. The number of carbonyl (C=O) groups excluding carboxylic acids is 2. The summed E-state index contributed by atoms with van der Waals surface area (Å²) in [6, 6.07) is 10.7. The maximum atomic E-state index is 12.1. The van der Waals surface area contributed by atoms with E-state index in [-0.39, 0.29) is 18.0 Å². The Hall–Kier alpha value is -2.89. The van der Waals surface area contributed by atoms with Crippen LogP contribution in [-0.2, 0) is 6.54 Å². The smallest absolute Gasteiger partial charge is 0.315 e. The summed E-state index contributed by atoms with van der Waals surface area (Å²) >= 11 is 0. The van der Waals surface area contributed by atoms with E-state index in [9.17, 15) is 9.59 Å². The zero-order valence-corrected chi connectivity index (χ0v) is 14.8. The van der Waals surface area contributed by atoms with Gasteiger partial charge in [0.2, 0.25) is 0 Å². The van der Waals surface area contributed by atoms with Crippen molar-refractivity contribution in [3.63, 3.8) is 0 Å². The first-order valence-electron chi connectivity index (χ1n) is 8.26. The number of aromatic nitrogens is 1. The van der Waals surface area contributed by atoms with Crippen LogP contribution in [0.25, 0.3) is 0 Å². The minimum atomic E-state index is -0.225. The molecule has 0 aliphatic carbocycles. The molecule has 6 nitrogen and oxygen atoms in total. The van der Waals surface area contributed by atoms with Crippen molar-refractivity contribution in [2.45, 2.75) is 25.9 Å². The summed E-state index contributed by atoms with van der Waals surface area (Å²) in [7, 11) is 3.43. The van der Waals surface area contributed by atoms with Crippen LogP contribution in [0.4, 0.5) is 4.79 Å². The molecule has 1 aromatic carbocycles. The number of benzene rings is 1. The van der Waals surface area contributed by atoms with Gasteiger partial charge in [-0.2, -0.15) is 0 Å². The van der Waals surface area contributed by atoms with Gasteiger partial charge in [0.05, 0.1) is 6.04 Å². The Morgan fingerprint density at radius 3 is 2.28 bits per heavy atom. The molecule has 0 saturated carbocycles. The Balaban J connectivity index is 1.88. The van der Waals surface area contributed by atoms with Crippen molar-refractivity contribution in [3.8, 4) is 0 Å². The standard InChI is InChI=1S/C19H24N4O2/c1-4-17(15-9-11-20-12-10-15)22-19(25)21-13-14-5-7-16(8-6-14)18(24)23(2)3/h5-12,17H,4,13H2,1-3H3,(H2,21,22,25)/t17-/m1/s1. The molecule has 0 fully saturated rings. The minimum Gasteiger partial charge on any atom is -0.345 e. The normalized spacial score (nSPS) is 11.5. The van der Waals surface area contributed by atoms with E-state index in [4.69, 9.17) is 0 Å². The molecule has 0 aliphatic rings. The quantitative estimate of drug-likeness (QED) is 0.849. The van der Waals surface area contributed by atoms with Crippen molar-refractivity contribution in [1.82, 2.24) is 20.5 Å². The fraction of sp³-hybridized carbons (Fsp3) is 0.316. The second-order valence-corrected chi connectivity index (χ2v) is 5.96. The maximum Gasteiger partial charge on any atom is 0.315 e. The number of hydrogen-bond acceptors (Lipinski definition) is 3. The highest BCUT2D eigenvalue weighted by Crippen LogP contribution is 2.15. The monoisotopic (exact) mass is 340 g/mol. The molecule has 0 unspecified atom stereocenters.